The van der Waals surface area contributed by atoms with Crippen LogP contribution in [0.3, 0.4) is 0 Å². The molecule has 6 heteroatoms. The topological polar surface area (TPSA) is 90.2 Å². The van der Waals surface area contributed by atoms with Crippen molar-refractivity contribution in [2.45, 2.75) is 58.2 Å². The number of hydrogen-bond donors (Lipinski definition) is 4. The lowest BCUT2D eigenvalue weighted by atomic mass is 9.88. The second-order valence-electron chi connectivity index (χ2n) is 4.94. The number of aliphatic hydroxyl groups excluding tert-OH is 1. The van der Waals surface area contributed by atoms with Gasteiger partial charge in [0, 0.05) is 0 Å². The Bertz CT molecular complexity index is 350. The molecule has 4 N–H and O–H groups in total. The summed E-state index contributed by atoms with van der Waals surface area (Å²) in [6.07, 6.45) is 2.61. The molecule has 1 rings (SSSR count). The van der Waals surface area contributed by atoms with Gasteiger partial charge in [-0.3, -0.25) is 0 Å². The van der Waals surface area contributed by atoms with Crippen molar-refractivity contribution in [2.24, 2.45) is 0 Å². The normalized spacial score (nSPS) is 12.6. The highest BCUT2D eigenvalue weighted by Gasteiger charge is 2.30. The zero-order chi connectivity index (χ0) is 16.3. The molecule has 0 radical (unpaired) electrons. The minimum Gasteiger partial charge on any atom is -0.427 e. The van der Waals surface area contributed by atoms with Gasteiger partial charge in [0.2, 0.25) is 0 Å². The summed E-state index contributed by atoms with van der Waals surface area (Å²) >= 11 is 0. The highest BCUT2D eigenvalue weighted by Crippen LogP contribution is 2.27. The molecule has 0 bridgehead atoms. The van der Waals surface area contributed by atoms with Crippen LogP contribution in [-0.4, -0.2) is 31.7 Å². The van der Waals surface area contributed by atoms with Gasteiger partial charge < -0.3 is 24.5 Å². The first-order chi connectivity index (χ1) is 9.85. The van der Waals surface area contributed by atoms with Crippen LogP contribution in [0.4, 0.5) is 0 Å². The molecule has 5 nitrogen and oxygen atoms in total. The Morgan fingerprint density at radius 1 is 1.10 bits per heavy atom. The Balaban J connectivity index is 0.000000382. The molecule has 0 spiro atoms. The molecule has 0 saturated heterocycles. The van der Waals surface area contributed by atoms with E-state index in [4.69, 9.17) is 9.79 Å². The predicted molar refractivity (Wildman–Crippen MR) is 84.9 cm³/mol. The molecule has 0 aliphatic heterocycles. The highest BCUT2D eigenvalue weighted by molar-refractivity contribution is 7.39. The van der Waals surface area contributed by atoms with E-state index < -0.39 is 20.3 Å². The Hall–Kier alpha value is -0.710. The number of rotatable bonds is 7. The molecule has 1 aromatic rings. The van der Waals surface area contributed by atoms with Crippen molar-refractivity contribution in [3.63, 3.8) is 0 Å². The Morgan fingerprint density at radius 2 is 1.57 bits per heavy atom. The van der Waals surface area contributed by atoms with E-state index in [0.29, 0.717) is 18.6 Å². The van der Waals surface area contributed by atoms with E-state index in [2.05, 4.69) is 4.52 Å². The maximum atomic E-state index is 9.84. The number of benzene rings is 1. The Morgan fingerprint density at radius 3 is 1.90 bits per heavy atom. The lowest BCUT2D eigenvalue weighted by molar-refractivity contribution is -0.0778. The molecule has 21 heavy (non-hydrogen) atoms. The Kier molecular flexibility index (Phi) is 10.6. The van der Waals surface area contributed by atoms with Crippen LogP contribution >= 0.6 is 8.60 Å². The second-order valence-corrected chi connectivity index (χ2v) is 5.62. The van der Waals surface area contributed by atoms with Crippen LogP contribution in [0.15, 0.2) is 30.3 Å². The third-order valence-corrected chi connectivity index (χ3v) is 3.45. The standard InChI is InChI=1S/C9H20O2.C6H7O3P/c1-4-6-9(11,7-5-2)8(3)10;7-10(8)9-6-4-2-1-3-5-6/h8,10-11H,4-7H2,1-3H3;1-5,7-8H. The van der Waals surface area contributed by atoms with Gasteiger partial charge >= 0.3 is 8.60 Å². The van der Waals surface area contributed by atoms with Crippen molar-refractivity contribution in [2.75, 3.05) is 0 Å². The summed E-state index contributed by atoms with van der Waals surface area (Å²) < 4.78 is 4.59. The summed E-state index contributed by atoms with van der Waals surface area (Å²) in [4.78, 5) is 16.8. The molecular weight excluding hydrogens is 291 g/mol. The lowest BCUT2D eigenvalue weighted by Crippen LogP contribution is -2.40. The largest absolute Gasteiger partial charge is 0.427 e. The fraction of sp³-hybridized carbons (Fsp3) is 0.600. The molecule has 0 aliphatic rings. The average Bonchev–Trinajstić information content (AvgIpc) is 2.40. The lowest BCUT2D eigenvalue weighted by Gasteiger charge is -2.30. The minimum atomic E-state index is -2.28. The van der Waals surface area contributed by atoms with E-state index in [1.165, 1.54) is 0 Å². The van der Waals surface area contributed by atoms with Gasteiger partial charge in [-0.25, -0.2) is 0 Å². The molecule has 0 aliphatic carbocycles. The van der Waals surface area contributed by atoms with E-state index in [-0.39, 0.29) is 0 Å². The maximum absolute atomic E-state index is 9.84. The zero-order valence-corrected chi connectivity index (χ0v) is 13.8. The molecule has 1 unspecified atom stereocenters. The fourth-order valence-electron chi connectivity index (χ4n) is 1.98. The van der Waals surface area contributed by atoms with Gasteiger partial charge in [-0.1, -0.05) is 44.9 Å². The molecule has 0 amide bonds. The number of aliphatic hydroxyl groups is 2. The van der Waals surface area contributed by atoms with Crippen LogP contribution < -0.4 is 4.52 Å². The van der Waals surface area contributed by atoms with Crippen LogP contribution in [0.5, 0.6) is 5.75 Å². The molecular formula is C15H27O5P. The number of hydrogen-bond acceptors (Lipinski definition) is 5. The minimum absolute atomic E-state index is 0.471. The van der Waals surface area contributed by atoms with E-state index >= 15 is 0 Å². The third kappa shape index (κ3) is 9.02. The van der Waals surface area contributed by atoms with E-state index in [0.717, 1.165) is 12.8 Å². The van der Waals surface area contributed by atoms with Gasteiger partial charge in [-0.05, 0) is 31.9 Å². The zero-order valence-electron chi connectivity index (χ0n) is 12.9. The smallest absolute Gasteiger partial charge is 0.391 e. The van der Waals surface area contributed by atoms with Gasteiger partial charge in [0.1, 0.15) is 5.75 Å². The molecule has 0 saturated carbocycles. The van der Waals surface area contributed by atoms with Gasteiger partial charge in [-0.15, -0.1) is 0 Å². The Labute approximate surface area is 128 Å². The summed E-state index contributed by atoms with van der Waals surface area (Å²) in [5.74, 6) is 0.471. The van der Waals surface area contributed by atoms with E-state index in [1.807, 2.05) is 19.9 Å². The third-order valence-electron chi connectivity index (χ3n) is 3.07. The van der Waals surface area contributed by atoms with Crippen molar-refractivity contribution < 1.29 is 24.5 Å². The van der Waals surface area contributed by atoms with Crippen LogP contribution in [0.25, 0.3) is 0 Å². The predicted octanol–water partition coefficient (Wildman–Crippen LogP) is 2.98. The van der Waals surface area contributed by atoms with E-state index in [9.17, 15) is 10.2 Å². The van der Waals surface area contributed by atoms with Crippen molar-refractivity contribution in [3.05, 3.63) is 30.3 Å². The van der Waals surface area contributed by atoms with Gasteiger partial charge in [0.05, 0.1) is 11.7 Å². The highest BCUT2D eigenvalue weighted by atomic mass is 31.2. The van der Waals surface area contributed by atoms with Crippen molar-refractivity contribution >= 4 is 8.60 Å². The van der Waals surface area contributed by atoms with Crippen molar-refractivity contribution in [1.82, 2.24) is 0 Å². The van der Waals surface area contributed by atoms with Gasteiger partial charge in [0.15, 0.2) is 0 Å². The van der Waals surface area contributed by atoms with E-state index in [1.54, 1.807) is 31.2 Å². The fourth-order valence-corrected chi connectivity index (χ4v) is 2.29. The van der Waals surface area contributed by atoms with Crippen molar-refractivity contribution in [3.8, 4) is 5.75 Å². The SMILES string of the molecule is CCCC(O)(CCC)C(C)O.OP(O)Oc1ccccc1. The average molecular weight is 318 g/mol. The monoisotopic (exact) mass is 318 g/mol. The van der Waals surface area contributed by atoms with Crippen LogP contribution in [0.2, 0.25) is 0 Å². The molecule has 0 fully saturated rings. The first-order valence-corrected chi connectivity index (χ1v) is 8.33. The maximum Gasteiger partial charge on any atom is 0.391 e. The van der Waals surface area contributed by atoms with Gasteiger partial charge in [-0.2, -0.15) is 0 Å². The molecule has 122 valence electrons. The molecule has 0 aromatic heterocycles. The molecule has 0 heterocycles. The first-order valence-electron chi connectivity index (χ1n) is 7.17. The number of para-hydroxylation sites is 1. The van der Waals surface area contributed by atoms with Crippen LogP contribution in [-0.2, 0) is 0 Å². The molecule has 1 aromatic carbocycles. The summed E-state index contributed by atoms with van der Waals surface area (Å²) in [5.41, 5.74) is -0.844. The summed E-state index contributed by atoms with van der Waals surface area (Å²) in [5, 5.41) is 19.1. The molecule has 1 atom stereocenters. The quantitative estimate of drug-likeness (QED) is 0.580. The summed E-state index contributed by atoms with van der Waals surface area (Å²) in [6.45, 7) is 5.69. The van der Waals surface area contributed by atoms with Crippen LogP contribution in [0, 0.1) is 0 Å². The van der Waals surface area contributed by atoms with Crippen LogP contribution in [0.1, 0.15) is 46.5 Å². The van der Waals surface area contributed by atoms with Crippen molar-refractivity contribution in [1.29, 1.82) is 0 Å². The first kappa shape index (κ1) is 20.3. The summed E-state index contributed by atoms with van der Waals surface area (Å²) in [7, 11) is -2.28. The van der Waals surface area contributed by atoms with Gasteiger partial charge in [0.25, 0.3) is 0 Å². The summed E-state index contributed by atoms with van der Waals surface area (Å²) in [6, 6.07) is 8.65. The second kappa shape index (κ2) is 10.9.